The standard InChI is InChI=1S/C10H25O2P/c1-5-13(6-2,7-3)10-12-9-8-11-4/h13H,5-10H2,1-4H3. The molecule has 0 aromatic rings. The molecule has 0 amide bonds. The molecule has 0 aromatic carbocycles. The van der Waals surface area contributed by atoms with E-state index in [1.54, 1.807) is 7.11 Å². The number of hydrogen-bond acceptors (Lipinski definition) is 2. The summed E-state index contributed by atoms with van der Waals surface area (Å²) >= 11 is 0. The van der Waals surface area contributed by atoms with Crippen molar-refractivity contribution >= 4 is 7.26 Å². The van der Waals surface area contributed by atoms with Gasteiger partial charge in [0, 0.05) is 0 Å². The van der Waals surface area contributed by atoms with Crippen molar-refractivity contribution in [1.29, 1.82) is 0 Å². The van der Waals surface area contributed by atoms with Crippen molar-refractivity contribution in [2.75, 3.05) is 45.2 Å². The topological polar surface area (TPSA) is 18.5 Å². The fourth-order valence-electron chi connectivity index (χ4n) is 1.49. The Morgan fingerprint density at radius 3 is 1.85 bits per heavy atom. The maximum absolute atomic E-state index is 5.65. The fourth-order valence-corrected chi connectivity index (χ4v) is 4.18. The summed E-state index contributed by atoms with van der Waals surface area (Å²) in [6, 6.07) is 0. The van der Waals surface area contributed by atoms with Crippen LogP contribution in [0.5, 0.6) is 0 Å². The van der Waals surface area contributed by atoms with E-state index in [9.17, 15) is 0 Å². The molecule has 0 saturated carbocycles. The van der Waals surface area contributed by atoms with Gasteiger partial charge in [-0.25, -0.2) is 0 Å². The summed E-state index contributed by atoms with van der Waals surface area (Å²) in [6.45, 7) is 8.39. The Morgan fingerprint density at radius 2 is 1.46 bits per heavy atom. The van der Waals surface area contributed by atoms with Crippen LogP contribution in [0, 0.1) is 0 Å². The molecule has 0 N–H and O–H groups in total. The average molecular weight is 208 g/mol. The summed E-state index contributed by atoms with van der Waals surface area (Å²) in [4.78, 5) is 0. The maximum atomic E-state index is 5.65. The summed E-state index contributed by atoms with van der Waals surface area (Å²) in [5.41, 5.74) is 0. The van der Waals surface area contributed by atoms with E-state index in [4.69, 9.17) is 9.47 Å². The zero-order valence-corrected chi connectivity index (χ0v) is 10.6. The van der Waals surface area contributed by atoms with Gasteiger partial charge >= 0.3 is 82.7 Å². The van der Waals surface area contributed by atoms with Gasteiger partial charge in [-0.15, -0.1) is 0 Å². The van der Waals surface area contributed by atoms with Gasteiger partial charge in [0.15, 0.2) is 0 Å². The van der Waals surface area contributed by atoms with Crippen LogP contribution in [-0.2, 0) is 9.47 Å². The minimum atomic E-state index is -1.05. The molecule has 0 saturated heterocycles. The van der Waals surface area contributed by atoms with E-state index in [2.05, 4.69) is 20.8 Å². The molecular formula is C10H25O2P. The summed E-state index contributed by atoms with van der Waals surface area (Å²) < 4.78 is 10.6. The first-order valence-corrected chi connectivity index (χ1v) is 8.14. The second kappa shape index (κ2) is 7.73. The van der Waals surface area contributed by atoms with E-state index in [1.807, 2.05) is 0 Å². The molecule has 0 spiro atoms. The second-order valence-electron chi connectivity index (χ2n) is 3.61. The van der Waals surface area contributed by atoms with Crippen LogP contribution in [0.1, 0.15) is 20.8 Å². The minimum absolute atomic E-state index is 0.724. The predicted octanol–water partition coefficient (Wildman–Crippen LogP) is 2.42. The SMILES string of the molecule is CC[PH](CC)(CC)COCCOC. The van der Waals surface area contributed by atoms with Gasteiger partial charge in [-0.3, -0.25) is 0 Å². The molecule has 3 heteroatoms. The number of hydrogen-bond donors (Lipinski definition) is 0. The molecule has 0 atom stereocenters. The average Bonchev–Trinajstić information content (AvgIpc) is 2.20. The summed E-state index contributed by atoms with van der Waals surface area (Å²) in [6.07, 6.45) is 5.03. The Kier molecular flexibility index (Phi) is 7.93. The third-order valence-electron chi connectivity index (χ3n) is 3.09. The number of ether oxygens (including phenoxy) is 2. The monoisotopic (exact) mass is 208 g/mol. The first kappa shape index (κ1) is 13.4. The molecule has 2 nitrogen and oxygen atoms in total. The first-order valence-electron chi connectivity index (χ1n) is 5.31. The second-order valence-corrected chi connectivity index (χ2v) is 9.02. The van der Waals surface area contributed by atoms with E-state index >= 15 is 0 Å². The molecule has 0 radical (unpaired) electrons. The van der Waals surface area contributed by atoms with Gasteiger partial charge in [-0.2, -0.15) is 0 Å². The third-order valence-corrected chi connectivity index (χ3v) is 8.41. The molecule has 0 aliphatic heterocycles. The van der Waals surface area contributed by atoms with Crippen molar-refractivity contribution in [2.24, 2.45) is 0 Å². The Labute approximate surface area is 83.3 Å². The number of methoxy groups -OCH3 is 1. The van der Waals surface area contributed by atoms with Crippen molar-refractivity contribution in [3.8, 4) is 0 Å². The van der Waals surface area contributed by atoms with Crippen molar-refractivity contribution < 1.29 is 9.47 Å². The van der Waals surface area contributed by atoms with Crippen molar-refractivity contribution in [2.45, 2.75) is 20.8 Å². The van der Waals surface area contributed by atoms with Crippen LogP contribution in [-0.4, -0.2) is 45.2 Å². The van der Waals surface area contributed by atoms with E-state index in [0.717, 1.165) is 19.6 Å². The van der Waals surface area contributed by atoms with Crippen LogP contribution in [0.15, 0.2) is 0 Å². The normalized spacial score (nSPS) is 13.2. The van der Waals surface area contributed by atoms with Crippen molar-refractivity contribution in [1.82, 2.24) is 0 Å². The molecule has 0 unspecified atom stereocenters. The summed E-state index contributed by atoms with van der Waals surface area (Å²) in [5, 5.41) is 0. The van der Waals surface area contributed by atoms with Gasteiger partial charge in [0.25, 0.3) is 0 Å². The molecule has 82 valence electrons. The Hall–Kier alpha value is 0.350. The van der Waals surface area contributed by atoms with E-state index in [0.29, 0.717) is 0 Å². The van der Waals surface area contributed by atoms with Crippen LogP contribution < -0.4 is 0 Å². The Morgan fingerprint density at radius 1 is 0.923 bits per heavy atom. The molecule has 0 heterocycles. The number of rotatable bonds is 8. The molecule has 13 heavy (non-hydrogen) atoms. The zero-order valence-electron chi connectivity index (χ0n) is 9.56. The van der Waals surface area contributed by atoms with E-state index < -0.39 is 7.26 Å². The van der Waals surface area contributed by atoms with Crippen LogP contribution in [0.4, 0.5) is 0 Å². The molecule has 0 aromatic heterocycles. The van der Waals surface area contributed by atoms with Crippen LogP contribution in [0.25, 0.3) is 0 Å². The van der Waals surface area contributed by atoms with E-state index in [1.165, 1.54) is 18.5 Å². The van der Waals surface area contributed by atoms with Gasteiger partial charge in [0.2, 0.25) is 0 Å². The molecule has 0 rings (SSSR count). The van der Waals surface area contributed by atoms with Gasteiger partial charge in [-0.1, -0.05) is 0 Å². The molecular weight excluding hydrogens is 183 g/mol. The van der Waals surface area contributed by atoms with E-state index in [-0.39, 0.29) is 0 Å². The van der Waals surface area contributed by atoms with Crippen LogP contribution in [0.2, 0.25) is 0 Å². The summed E-state index contributed by atoms with van der Waals surface area (Å²) in [5.74, 6) is 0. The zero-order chi connectivity index (χ0) is 10.2. The van der Waals surface area contributed by atoms with Crippen molar-refractivity contribution in [3.05, 3.63) is 0 Å². The molecule has 0 aliphatic rings. The van der Waals surface area contributed by atoms with Crippen LogP contribution in [0.3, 0.4) is 0 Å². The van der Waals surface area contributed by atoms with Gasteiger partial charge in [0.1, 0.15) is 0 Å². The third kappa shape index (κ3) is 4.95. The quantitative estimate of drug-likeness (QED) is 0.450. The molecule has 0 aliphatic carbocycles. The Bertz CT molecular complexity index is 105. The first-order chi connectivity index (χ1) is 6.24. The van der Waals surface area contributed by atoms with Gasteiger partial charge in [-0.05, 0) is 0 Å². The molecule has 0 bridgehead atoms. The van der Waals surface area contributed by atoms with Crippen LogP contribution >= 0.6 is 7.26 Å². The molecule has 0 fully saturated rings. The van der Waals surface area contributed by atoms with Crippen molar-refractivity contribution in [3.63, 3.8) is 0 Å². The summed E-state index contributed by atoms with van der Waals surface area (Å²) in [7, 11) is 0.671. The fraction of sp³-hybridized carbons (Fsp3) is 1.00. The Balaban J connectivity index is 3.68. The predicted molar refractivity (Wildman–Crippen MR) is 62.6 cm³/mol. The van der Waals surface area contributed by atoms with Gasteiger partial charge < -0.3 is 0 Å². The van der Waals surface area contributed by atoms with Gasteiger partial charge in [0.05, 0.1) is 0 Å².